The van der Waals surface area contributed by atoms with Gasteiger partial charge in [-0.15, -0.1) is 0 Å². The molecule has 2 rings (SSSR count). The molecule has 2 heterocycles. The van der Waals surface area contributed by atoms with Gasteiger partial charge in [0, 0.05) is 26.2 Å². The van der Waals surface area contributed by atoms with Crippen LogP contribution in [-0.4, -0.2) is 25.9 Å². The van der Waals surface area contributed by atoms with E-state index in [1.54, 1.807) is 0 Å². The minimum Gasteiger partial charge on any atom is -0.340 e. The van der Waals surface area contributed by atoms with E-state index in [-0.39, 0.29) is 6.04 Å². The summed E-state index contributed by atoms with van der Waals surface area (Å²) >= 11 is 6.51. The Morgan fingerprint density at radius 2 is 2.10 bits per heavy atom. The van der Waals surface area contributed by atoms with Crippen molar-refractivity contribution in [3.8, 4) is 0 Å². The summed E-state index contributed by atoms with van der Waals surface area (Å²) in [5.41, 5.74) is 3.11. The third-order valence-corrected chi connectivity index (χ3v) is 4.06. The molecule has 0 spiro atoms. The van der Waals surface area contributed by atoms with E-state index in [0.717, 1.165) is 48.0 Å². The van der Waals surface area contributed by atoms with Gasteiger partial charge in [-0.05, 0) is 19.9 Å². The van der Waals surface area contributed by atoms with Crippen molar-refractivity contribution in [3.63, 3.8) is 0 Å². The van der Waals surface area contributed by atoms with Crippen LogP contribution in [0.1, 0.15) is 43.9 Å². The summed E-state index contributed by atoms with van der Waals surface area (Å²) in [6.45, 7) is 8.00. The summed E-state index contributed by atoms with van der Waals surface area (Å²) in [4.78, 5) is 4.47. The second-order valence-electron chi connectivity index (χ2n) is 5.16. The fourth-order valence-corrected chi connectivity index (χ4v) is 2.89. The Labute approximate surface area is 131 Å². The van der Waals surface area contributed by atoms with Gasteiger partial charge in [0.05, 0.1) is 34.5 Å². The monoisotopic (exact) mass is 309 g/mol. The third kappa shape index (κ3) is 3.47. The lowest BCUT2D eigenvalue weighted by atomic mass is 10.1. The maximum absolute atomic E-state index is 6.51. The van der Waals surface area contributed by atoms with Gasteiger partial charge in [0.15, 0.2) is 0 Å². The number of imidazole rings is 1. The largest absolute Gasteiger partial charge is 0.340 e. The number of rotatable bonds is 7. The van der Waals surface area contributed by atoms with Crippen molar-refractivity contribution in [2.75, 3.05) is 6.54 Å². The smallest absolute Gasteiger partial charge is 0.0947 e. The minimum atomic E-state index is 0.153. The summed E-state index contributed by atoms with van der Waals surface area (Å²) in [7, 11) is 1.98. The molecule has 0 amide bonds. The standard InChI is InChI=1S/C15H24ClN5/c1-5-11-15(16)14(21(7-3)19-11)8-12(17-6-2)13-9-20(4)10-18-13/h9-10,12,17H,5-8H2,1-4H3. The van der Waals surface area contributed by atoms with Crippen molar-refractivity contribution in [1.29, 1.82) is 0 Å². The van der Waals surface area contributed by atoms with Gasteiger partial charge in [0.25, 0.3) is 0 Å². The van der Waals surface area contributed by atoms with Crippen molar-refractivity contribution >= 4 is 11.6 Å². The van der Waals surface area contributed by atoms with E-state index in [0.29, 0.717) is 0 Å². The van der Waals surface area contributed by atoms with Crippen LogP contribution in [0.4, 0.5) is 0 Å². The Kier molecular flexibility index (Phi) is 5.42. The van der Waals surface area contributed by atoms with E-state index < -0.39 is 0 Å². The summed E-state index contributed by atoms with van der Waals surface area (Å²) in [5, 5.41) is 8.88. The van der Waals surface area contributed by atoms with Crippen LogP contribution in [0, 0.1) is 0 Å². The van der Waals surface area contributed by atoms with E-state index in [1.165, 1.54) is 0 Å². The van der Waals surface area contributed by atoms with Gasteiger partial charge < -0.3 is 9.88 Å². The van der Waals surface area contributed by atoms with Crippen LogP contribution in [0.2, 0.25) is 5.02 Å². The molecule has 0 aliphatic carbocycles. The van der Waals surface area contributed by atoms with E-state index >= 15 is 0 Å². The molecule has 1 unspecified atom stereocenters. The van der Waals surface area contributed by atoms with Crippen LogP contribution in [0.5, 0.6) is 0 Å². The number of halogens is 1. The SMILES string of the molecule is CCNC(Cc1c(Cl)c(CC)nn1CC)c1cn(C)cn1. The predicted octanol–water partition coefficient (Wildman–Crippen LogP) is 2.75. The third-order valence-electron chi connectivity index (χ3n) is 3.62. The summed E-state index contributed by atoms with van der Waals surface area (Å²) < 4.78 is 3.98. The summed E-state index contributed by atoms with van der Waals surface area (Å²) in [5.74, 6) is 0. The van der Waals surface area contributed by atoms with Gasteiger partial charge in [-0.25, -0.2) is 4.98 Å². The fourth-order valence-electron chi connectivity index (χ4n) is 2.55. The fraction of sp³-hybridized carbons (Fsp3) is 0.600. The van der Waals surface area contributed by atoms with Gasteiger partial charge in [-0.3, -0.25) is 4.68 Å². The van der Waals surface area contributed by atoms with E-state index in [4.69, 9.17) is 11.6 Å². The summed E-state index contributed by atoms with van der Waals surface area (Å²) in [6.07, 6.45) is 5.53. The first kappa shape index (κ1) is 16.0. The predicted molar refractivity (Wildman–Crippen MR) is 85.6 cm³/mol. The Morgan fingerprint density at radius 1 is 1.33 bits per heavy atom. The van der Waals surface area contributed by atoms with Gasteiger partial charge in [-0.2, -0.15) is 5.10 Å². The highest BCUT2D eigenvalue weighted by Gasteiger charge is 2.21. The van der Waals surface area contributed by atoms with Crippen LogP contribution in [0.15, 0.2) is 12.5 Å². The lowest BCUT2D eigenvalue weighted by molar-refractivity contribution is 0.507. The summed E-state index contributed by atoms with van der Waals surface area (Å²) in [6, 6.07) is 0.153. The van der Waals surface area contributed by atoms with E-state index in [1.807, 2.05) is 22.6 Å². The number of likely N-dealkylation sites (N-methyl/N-ethyl adjacent to an activating group) is 1. The Morgan fingerprint density at radius 3 is 2.62 bits per heavy atom. The van der Waals surface area contributed by atoms with Crippen LogP contribution in [0.25, 0.3) is 0 Å². The van der Waals surface area contributed by atoms with Crippen LogP contribution in [0.3, 0.4) is 0 Å². The number of hydrogen-bond donors (Lipinski definition) is 1. The minimum absolute atomic E-state index is 0.153. The van der Waals surface area contributed by atoms with Crippen LogP contribution >= 0.6 is 11.6 Å². The topological polar surface area (TPSA) is 47.7 Å². The second kappa shape index (κ2) is 7.09. The van der Waals surface area contributed by atoms with Crippen molar-refractivity contribution in [1.82, 2.24) is 24.6 Å². The number of aromatic nitrogens is 4. The van der Waals surface area contributed by atoms with E-state index in [9.17, 15) is 0 Å². The number of nitrogens with zero attached hydrogens (tertiary/aromatic N) is 4. The molecule has 0 aliphatic heterocycles. The molecule has 2 aromatic rings. The highest BCUT2D eigenvalue weighted by molar-refractivity contribution is 6.31. The zero-order chi connectivity index (χ0) is 15.4. The molecule has 5 nitrogen and oxygen atoms in total. The molecule has 0 bridgehead atoms. The molecule has 116 valence electrons. The first-order valence-electron chi connectivity index (χ1n) is 7.55. The molecule has 0 saturated carbocycles. The Bertz CT molecular complexity index is 587. The molecule has 21 heavy (non-hydrogen) atoms. The van der Waals surface area contributed by atoms with Crippen molar-refractivity contribution in [3.05, 3.63) is 34.6 Å². The molecular formula is C15H24ClN5. The number of nitrogens with one attached hydrogen (secondary N) is 1. The number of aryl methyl sites for hydroxylation is 3. The molecule has 0 saturated heterocycles. The molecule has 0 aliphatic rings. The van der Waals surface area contributed by atoms with E-state index in [2.05, 4.69) is 42.4 Å². The first-order valence-corrected chi connectivity index (χ1v) is 7.93. The molecular weight excluding hydrogens is 286 g/mol. The normalized spacial score (nSPS) is 12.8. The van der Waals surface area contributed by atoms with Gasteiger partial charge in [-0.1, -0.05) is 25.4 Å². The number of hydrogen-bond acceptors (Lipinski definition) is 3. The Hall–Kier alpha value is -1.33. The maximum atomic E-state index is 6.51. The highest BCUT2D eigenvalue weighted by Crippen LogP contribution is 2.26. The van der Waals surface area contributed by atoms with Crippen LogP contribution in [-0.2, 0) is 26.4 Å². The highest BCUT2D eigenvalue weighted by atomic mass is 35.5. The van der Waals surface area contributed by atoms with Gasteiger partial charge in [0.1, 0.15) is 0 Å². The molecule has 2 aromatic heterocycles. The average Bonchev–Trinajstić information content (AvgIpc) is 3.03. The molecule has 0 fully saturated rings. The zero-order valence-corrected chi connectivity index (χ0v) is 14.0. The van der Waals surface area contributed by atoms with Crippen molar-refractivity contribution in [2.24, 2.45) is 7.05 Å². The zero-order valence-electron chi connectivity index (χ0n) is 13.2. The Balaban J connectivity index is 2.30. The molecule has 6 heteroatoms. The lowest BCUT2D eigenvalue weighted by Crippen LogP contribution is -2.24. The molecule has 1 atom stereocenters. The van der Waals surface area contributed by atoms with Crippen molar-refractivity contribution in [2.45, 2.75) is 46.2 Å². The second-order valence-corrected chi connectivity index (χ2v) is 5.53. The first-order chi connectivity index (χ1) is 10.1. The van der Waals surface area contributed by atoms with Crippen LogP contribution < -0.4 is 5.32 Å². The molecule has 1 N–H and O–H groups in total. The maximum Gasteiger partial charge on any atom is 0.0947 e. The molecule has 0 radical (unpaired) electrons. The van der Waals surface area contributed by atoms with Gasteiger partial charge >= 0.3 is 0 Å². The lowest BCUT2D eigenvalue weighted by Gasteiger charge is -2.16. The average molecular weight is 310 g/mol. The quantitative estimate of drug-likeness (QED) is 0.855. The van der Waals surface area contributed by atoms with Crippen molar-refractivity contribution < 1.29 is 0 Å². The molecule has 0 aromatic carbocycles. The van der Waals surface area contributed by atoms with Gasteiger partial charge in [0.2, 0.25) is 0 Å².